The van der Waals surface area contributed by atoms with E-state index < -0.39 is 27.1 Å². The number of halogens is 1. The summed E-state index contributed by atoms with van der Waals surface area (Å²) in [7, 11) is 2.94. The van der Waals surface area contributed by atoms with Gasteiger partial charge in [-0.2, -0.15) is 0 Å². The van der Waals surface area contributed by atoms with E-state index in [0.29, 0.717) is 17.1 Å². The molecule has 25 heavy (non-hydrogen) atoms. The van der Waals surface area contributed by atoms with E-state index in [9.17, 15) is 14.9 Å². The van der Waals surface area contributed by atoms with Crippen molar-refractivity contribution >= 4 is 22.0 Å². The SMILES string of the molecule is COc1ccc([C@H](NC(=O)OC(C)(C)C)[C@](C)(Br)[N+](=O)[O-])cc1OC. The van der Waals surface area contributed by atoms with Gasteiger partial charge in [0.2, 0.25) is 0 Å². The van der Waals surface area contributed by atoms with Crippen LogP contribution in [0.15, 0.2) is 18.2 Å². The van der Waals surface area contributed by atoms with Crippen LogP contribution in [0.5, 0.6) is 11.5 Å². The fourth-order valence-electron chi connectivity index (χ4n) is 2.08. The van der Waals surface area contributed by atoms with Gasteiger partial charge in [-0.25, -0.2) is 4.79 Å². The molecule has 0 spiro atoms. The van der Waals surface area contributed by atoms with Gasteiger partial charge in [-0.3, -0.25) is 10.1 Å². The Morgan fingerprint density at radius 3 is 2.20 bits per heavy atom. The first-order valence-corrected chi connectivity index (χ1v) is 8.26. The second-order valence-electron chi connectivity index (χ2n) is 6.47. The number of alkyl carbamates (subject to hydrolysis) is 1. The molecule has 2 atom stereocenters. The van der Waals surface area contributed by atoms with Crippen LogP contribution in [-0.2, 0) is 4.74 Å². The highest BCUT2D eigenvalue weighted by atomic mass is 79.9. The summed E-state index contributed by atoms with van der Waals surface area (Å²) in [5, 5.41) is 14.0. The molecule has 9 heteroatoms. The minimum atomic E-state index is -1.66. The first-order chi connectivity index (χ1) is 11.4. The largest absolute Gasteiger partial charge is 0.493 e. The Morgan fingerprint density at radius 2 is 1.76 bits per heavy atom. The summed E-state index contributed by atoms with van der Waals surface area (Å²) < 4.78 is 14.0. The van der Waals surface area contributed by atoms with E-state index >= 15 is 0 Å². The molecule has 1 aromatic rings. The maximum absolute atomic E-state index is 12.2. The quantitative estimate of drug-likeness (QED) is 0.327. The smallest absolute Gasteiger partial charge is 0.408 e. The number of carbonyl (C=O) groups is 1. The zero-order valence-electron chi connectivity index (χ0n) is 15.1. The first-order valence-electron chi connectivity index (χ1n) is 7.47. The highest BCUT2D eigenvalue weighted by molar-refractivity contribution is 9.10. The summed E-state index contributed by atoms with van der Waals surface area (Å²) in [5.74, 6) is 0.863. The number of hydrogen-bond acceptors (Lipinski definition) is 6. The lowest BCUT2D eigenvalue weighted by Gasteiger charge is -2.28. The van der Waals surface area contributed by atoms with Crippen molar-refractivity contribution in [2.24, 2.45) is 0 Å². The second kappa shape index (κ2) is 7.90. The molecule has 0 heterocycles. The molecule has 0 aliphatic heterocycles. The fraction of sp³-hybridized carbons (Fsp3) is 0.562. The standard InChI is InChI=1S/C16H23BrN2O6/c1-15(2,3)25-14(20)18-13(16(4,17)19(21)22)10-7-8-11(23-5)12(9-10)24-6/h7-9,13H,1-6H3,(H,18,20)/t13-,16+/m0/s1. The zero-order chi connectivity index (χ0) is 19.4. The molecule has 1 N–H and O–H groups in total. The maximum atomic E-state index is 12.2. The van der Waals surface area contributed by atoms with Crippen molar-refractivity contribution in [2.45, 2.75) is 43.8 Å². The Bertz CT molecular complexity index is 642. The van der Waals surface area contributed by atoms with E-state index in [-0.39, 0.29) is 0 Å². The summed E-state index contributed by atoms with van der Waals surface area (Å²) in [6, 6.07) is 3.79. The average Bonchev–Trinajstić information content (AvgIpc) is 2.49. The van der Waals surface area contributed by atoms with Gasteiger partial charge >= 0.3 is 6.09 Å². The molecule has 8 nitrogen and oxygen atoms in total. The molecule has 1 amide bonds. The van der Waals surface area contributed by atoms with Gasteiger partial charge in [0, 0.05) is 27.8 Å². The summed E-state index contributed by atoms with van der Waals surface area (Å²) in [6.07, 6.45) is -0.764. The molecule has 0 aromatic heterocycles. The molecule has 1 rings (SSSR count). The van der Waals surface area contributed by atoms with E-state index in [2.05, 4.69) is 21.2 Å². The third kappa shape index (κ3) is 5.48. The third-order valence-electron chi connectivity index (χ3n) is 3.29. The molecule has 0 saturated carbocycles. The van der Waals surface area contributed by atoms with E-state index in [1.807, 2.05) is 0 Å². The van der Waals surface area contributed by atoms with Gasteiger partial charge in [0.1, 0.15) is 11.6 Å². The number of carbonyl (C=O) groups excluding carboxylic acids is 1. The van der Waals surface area contributed by atoms with E-state index in [4.69, 9.17) is 14.2 Å². The molecule has 1 aromatic carbocycles. The minimum absolute atomic E-state index is 0.391. The average molecular weight is 419 g/mol. The Balaban J connectivity index is 3.28. The summed E-state index contributed by atoms with van der Waals surface area (Å²) >= 11 is 3.10. The number of ether oxygens (including phenoxy) is 3. The van der Waals surface area contributed by atoms with Crippen LogP contribution in [0.2, 0.25) is 0 Å². The van der Waals surface area contributed by atoms with Crippen LogP contribution < -0.4 is 14.8 Å². The predicted octanol–water partition coefficient (Wildman–Crippen LogP) is 3.66. The number of methoxy groups -OCH3 is 2. The van der Waals surface area contributed by atoms with Crippen LogP contribution in [-0.4, -0.2) is 35.3 Å². The van der Waals surface area contributed by atoms with Gasteiger partial charge in [-0.1, -0.05) is 6.07 Å². The van der Waals surface area contributed by atoms with Gasteiger partial charge in [0.05, 0.1) is 14.2 Å². The number of benzene rings is 1. The summed E-state index contributed by atoms with van der Waals surface area (Å²) in [6.45, 7) is 6.47. The number of amides is 1. The van der Waals surface area contributed by atoms with Crippen molar-refractivity contribution < 1.29 is 23.9 Å². The topological polar surface area (TPSA) is 99.9 Å². The monoisotopic (exact) mass is 418 g/mol. The Morgan fingerprint density at radius 1 is 1.20 bits per heavy atom. The Kier molecular flexibility index (Phi) is 6.64. The predicted molar refractivity (Wildman–Crippen MR) is 96.0 cm³/mol. The van der Waals surface area contributed by atoms with Crippen LogP contribution in [0.3, 0.4) is 0 Å². The molecule has 0 aliphatic rings. The van der Waals surface area contributed by atoms with Crippen molar-refractivity contribution in [1.29, 1.82) is 0 Å². The molecule has 0 saturated heterocycles. The van der Waals surface area contributed by atoms with Crippen molar-refractivity contribution in [1.82, 2.24) is 5.32 Å². The van der Waals surface area contributed by atoms with E-state index in [0.717, 1.165) is 0 Å². The number of nitro groups is 1. The normalized spacial score (nSPS) is 14.8. The van der Waals surface area contributed by atoms with Gasteiger partial charge in [-0.15, -0.1) is 0 Å². The fourth-order valence-corrected chi connectivity index (χ4v) is 2.46. The third-order valence-corrected chi connectivity index (χ3v) is 4.03. The van der Waals surface area contributed by atoms with Gasteiger partial charge in [0.15, 0.2) is 11.5 Å². The van der Waals surface area contributed by atoms with E-state index in [1.54, 1.807) is 39.0 Å². The zero-order valence-corrected chi connectivity index (χ0v) is 16.7. The molecule has 140 valence electrons. The summed E-state index contributed by atoms with van der Waals surface area (Å²) in [5.41, 5.74) is -0.275. The molecular weight excluding hydrogens is 396 g/mol. The molecule has 0 radical (unpaired) electrons. The molecule has 0 aliphatic carbocycles. The number of nitrogens with one attached hydrogen (secondary N) is 1. The lowest BCUT2D eigenvalue weighted by Crippen LogP contribution is -2.46. The van der Waals surface area contributed by atoms with Crippen molar-refractivity contribution in [3.8, 4) is 11.5 Å². The van der Waals surface area contributed by atoms with E-state index in [1.165, 1.54) is 21.1 Å². The van der Waals surface area contributed by atoms with Gasteiger partial charge in [-0.05, 0) is 38.5 Å². The Hall–Kier alpha value is -2.03. The van der Waals surface area contributed by atoms with Crippen LogP contribution in [0.4, 0.5) is 4.79 Å². The Labute approximate surface area is 155 Å². The second-order valence-corrected chi connectivity index (χ2v) is 8.08. The molecular formula is C16H23BrN2O6. The van der Waals surface area contributed by atoms with Crippen molar-refractivity contribution in [3.63, 3.8) is 0 Å². The number of nitrogens with zero attached hydrogens (tertiary/aromatic N) is 1. The van der Waals surface area contributed by atoms with Gasteiger partial charge in [0.25, 0.3) is 4.45 Å². The number of hydrogen-bond donors (Lipinski definition) is 1. The molecule has 0 unspecified atom stereocenters. The van der Waals surface area contributed by atoms with Crippen LogP contribution in [0.25, 0.3) is 0 Å². The van der Waals surface area contributed by atoms with Gasteiger partial charge < -0.3 is 19.5 Å². The van der Waals surface area contributed by atoms with Crippen LogP contribution in [0, 0.1) is 10.1 Å². The van der Waals surface area contributed by atoms with Crippen molar-refractivity contribution in [3.05, 3.63) is 33.9 Å². The maximum Gasteiger partial charge on any atom is 0.408 e. The van der Waals surface area contributed by atoms with Crippen molar-refractivity contribution in [2.75, 3.05) is 14.2 Å². The van der Waals surface area contributed by atoms with Crippen LogP contribution >= 0.6 is 15.9 Å². The highest BCUT2D eigenvalue weighted by Gasteiger charge is 2.46. The van der Waals surface area contributed by atoms with Crippen LogP contribution in [0.1, 0.15) is 39.3 Å². The highest BCUT2D eigenvalue weighted by Crippen LogP contribution is 2.38. The minimum Gasteiger partial charge on any atom is -0.493 e. The number of alkyl halides is 1. The molecule has 0 fully saturated rings. The first kappa shape index (κ1) is 21.0. The number of rotatable bonds is 6. The lowest BCUT2D eigenvalue weighted by atomic mass is 10.00. The lowest BCUT2D eigenvalue weighted by molar-refractivity contribution is -0.536. The molecule has 0 bridgehead atoms. The summed E-state index contributed by atoms with van der Waals surface area (Å²) in [4.78, 5) is 23.1.